The number of nitrogen functional groups attached to an aromatic ring is 1. The molecule has 0 aliphatic rings. The third-order valence-corrected chi connectivity index (χ3v) is 2.29. The first-order chi connectivity index (χ1) is 7.66. The number of esters is 1. The van der Waals surface area contributed by atoms with Crippen molar-refractivity contribution in [1.29, 1.82) is 0 Å². The Kier molecular flexibility index (Phi) is 2.69. The summed E-state index contributed by atoms with van der Waals surface area (Å²) in [5.74, 6) is -0.469. The summed E-state index contributed by atoms with van der Waals surface area (Å²) in [5.41, 5.74) is 5.45. The molecule has 82 valence electrons. The summed E-state index contributed by atoms with van der Waals surface area (Å²) < 4.78 is 8.46. The van der Waals surface area contributed by atoms with Gasteiger partial charge < -0.3 is 15.6 Å². The topological polar surface area (TPSA) is 98.3 Å². The van der Waals surface area contributed by atoms with E-state index in [2.05, 4.69) is 9.59 Å². The maximum Gasteiger partial charge on any atom is 0.367 e. The molecule has 0 saturated carbocycles. The Morgan fingerprint density at radius 2 is 2.31 bits per heavy atom. The largest absolute Gasteiger partial charge is 0.508 e. The molecule has 0 amide bonds. The number of rotatable bonds is 2. The van der Waals surface area contributed by atoms with E-state index in [-0.39, 0.29) is 22.2 Å². The number of anilines is 1. The maximum absolute atomic E-state index is 11.5. The van der Waals surface area contributed by atoms with Crippen molar-refractivity contribution in [1.82, 2.24) is 9.59 Å². The van der Waals surface area contributed by atoms with Crippen LogP contribution in [0.2, 0.25) is 0 Å². The van der Waals surface area contributed by atoms with Crippen LogP contribution in [0.1, 0.15) is 10.5 Å². The highest BCUT2D eigenvalue weighted by Gasteiger charge is 2.16. The highest BCUT2D eigenvalue weighted by Crippen LogP contribution is 2.20. The zero-order chi connectivity index (χ0) is 11.5. The Morgan fingerprint density at radius 1 is 1.50 bits per heavy atom. The van der Waals surface area contributed by atoms with Crippen LogP contribution in [0.15, 0.2) is 24.3 Å². The number of ether oxygens (including phenoxy) is 1. The van der Waals surface area contributed by atoms with Gasteiger partial charge in [-0.05, 0) is 12.1 Å². The van der Waals surface area contributed by atoms with E-state index in [4.69, 9.17) is 15.6 Å². The van der Waals surface area contributed by atoms with Crippen LogP contribution in [0.25, 0.3) is 0 Å². The SMILES string of the molecule is Nc1snnc1C(=O)Oc1cccc(O)c1. The van der Waals surface area contributed by atoms with Gasteiger partial charge in [0, 0.05) is 17.6 Å². The number of phenols is 1. The Morgan fingerprint density at radius 3 is 2.94 bits per heavy atom. The number of hydrogen-bond acceptors (Lipinski definition) is 7. The molecular formula is C9H7N3O3S. The fourth-order valence-electron chi connectivity index (χ4n) is 1.04. The minimum atomic E-state index is -0.697. The summed E-state index contributed by atoms with van der Waals surface area (Å²) in [4.78, 5) is 11.5. The number of carbonyl (C=O) groups excluding carboxylic acids is 1. The van der Waals surface area contributed by atoms with E-state index in [1.54, 1.807) is 6.07 Å². The Labute approximate surface area is 94.5 Å². The minimum Gasteiger partial charge on any atom is -0.508 e. The van der Waals surface area contributed by atoms with E-state index >= 15 is 0 Å². The molecule has 1 heterocycles. The molecule has 0 bridgehead atoms. The highest BCUT2D eigenvalue weighted by molar-refractivity contribution is 7.10. The summed E-state index contributed by atoms with van der Waals surface area (Å²) in [6.45, 7) is 0. The number of nitrogens with two attached hydrogens (primary N) is 1. The van der Waals surface area contributed by atoms with E-state index in [0.717, 1.165) is 11.5 Å². The third kappa shape index (κ3) is 2.09. The van der Waals surface area contributed by atoms with Crippen LogP contribution in [0.5, 0.6) is 11.5 Å². The third-order valence-electron chi connectivity index (χ3n) is 1.73. The second kappa shape index (κ2) is 4.15. The Hall–Kier alpha value is -2.15. The summed E-state index contributed by atoms with van der Waals surface area (Å²) in [7, 11) is 0. The summed E-state index contributed by atoms with van der Waals surface area (Å²) >= 11 is 0.913. The fraction of sp³-hybridized carbons (Fsp3) is 0. The van der Waals surface area contributed by atoms with E-state index in [1.807, 2.05) is 0 Å². The van der Waals surface area contributed by atoms with Gasteiger partial charge in [0.15, 0.2) is 0 Å². The molecule has 0 unspecified atom stereocenters. The van der Waals surface area contributed by atoms with Gasteiger partial charge >= 0.3 is 5.97 Å². The summed E-state index contributed by atoms with van der Waals surface area (Å²) in [6, 6.07) is 5.87. The summed E-state index contributed by atoms with van der Waals surface area (Å²) in [6.07, 6.45) is 0. The number of benzene rings is 1. The van der Waals surface area contributed by atoms with Crippen LogP contribution in [0, 0.1) is 0 Å². The number of phenolic OH excluding ortho intramolecular Hbond substituents is 1. The molecule has 0 radical (unpaired) electrons. The molecule has 0 aliphatic heterocycles. The molecule has 6 nitrogen and oxygen atoms in total. The zero-order valence-electron chi connectivity index (χ0n) is 7.95. The van der Waals surface area contributed by atoms with Crippen LogP contribution in [-0.2, 0) is 0 Å². The van der Waals surface area contributed by atoms with Crippen molar-refractivity contribution in [2.24, 2.45) is 0 Å². The monoisotopic (exact) mass is 237 g/mol. The molecule has 1 aromatic carbocycles. The van der Waals surface area contributed by atoms with E-state index in [1.165, 1.54) is 18.2 Å². The number of hydrogen-bond donors (Lipinski definition) is 2. The standard InChI is InChI=1S/C9H7N3O3S/c10-8-7(11-12-16-8)9(14)15-6-3-1-2-5(13)4-6/h1-4,13H,10H2. The van der Waals surface area contributed by atoms with Crippen molar-refractivity contribution in [3.63, 3.8) is 0 Å². The van der Waals surface area contributed by atoms with Crippen molar-refractivity contribution >= 4 is 22.5 Å². The maximum atomic E-state index is 11.5. The molecule has 2 rings (SSSR count). The lowest BCUT2D eigenvalue weighted by molar-refractivity contribution is 0.0729. The normalized spacial score (nSPS) is 10.0. The Balaban J connectivity index is 2.17. The average Bonchev–Trinajstić information content (AvgIpc) is 2.64. The predicted molar refractivity (Wildman–Crippen MR) is 57.4 cm³/mol. The molecule has 0 fully saturated rings. The smallest absolute Gasteiger partial charge is 0.367 e. The quantitative estimate of drug-likeness (QED) is 0.598. The van der Waals surface area contributed by atoms with Gasteiger partial charge in [0.05, 0.1) is 0 Å². The lowest BCUT2D eigenvalue weighted by atomic mass is 10.3. The zero-order valence-corrected chi connectivity index (χ0v) is 8.77. The lowest BCUT2D eigenvalue weighted by Gasteiger charge is -2.02. The van der Waals surface area contributed by atoms with E-state index in [0.29, 0.717) is 0 Å². The predicted octanol–water partition coefficient (Wildman–Crippen LogP) is 1.05. The number of nitrogens with zero attached hydrogens (tertiary/aromatic N) is 2. The fourth-order valence-corrected chi connectivity index (χ4v) is 1.46. The van der Waals surface area contributed by atoms with Gasteiger partial charge in [0.1, 0.15) is 16.5 Å². The van der Waals surface area contributed by atoms with Gasteiger partial charge in [0.25, 0.3) is 0 Å². The van der Waals surface area contributed by atoms with Crippen LogP contribution in [0.3, 0.4) is 0 Å². The van der Waals surface area contributed by atoms with Crippen molar-refractivity contribution in [3.8, 4) is 11.5 Å². The first-order valence-corrected chi connectivity index (χ1v) is 5.03. The molecule has 3 N–H and O–H groups in total. The highest BCUT2D eigenvalue weighted by atomic mass is 32.1. The first kappa shape index (κ1) is 10.4. The number of aromatic nitrogens is 2. The lowest BCUT2D eigenvalue weighted by Crippen LogP contribution is -2.10. The molecule has 2 aromatic rings. The van der Waals surface area contributed by atoms with Gasteiger partial charge in [0.2, 0.25) is 5.69 Å². The van der Waals surface area contributed by atoms with E-state index in [9.17, 15) is 4.79 Å². The Bertz CT molecular complexity index is 526. The number of carbonyl (C=O) groups is 1. The van der Waals surface area contributed by atoms with Crippen LogP contribution in [-0.4, -0.2) is 20.7 Å². The average molecular weight is 237 g/mol. The molecule has 0 atom stereocenters. The molecule has 0 spiro atoms. The molecule has 16 heavy (non-hydrogen) atoms. The molecule has 0 saturated heterocycles. The van der Waals surface area contributed by atoms with Crippen molar-refractivity contribution < 1.29 is 14.6 Å². The second-order valence-corrected chi connectivity index (χ2v) is 3.66. The molecule has 1 aromatic heterocycles. The second-order valence-electron chi connectivity index (χ2n) is 2.87. The van der Waals surface area contributed by atoms with Crippen molar-refractivity contribution in [3.05, 3.63) is 30.0 Å². The van der Waals surface area contributed by atoms with Gasteiger partial charge in [-0.15, -0.1) is 5.10 Å². The van der Waals surface area contributed by atoms with Crippen molar-refractivity contribution in [2.75, 3.05) is 5.73 Å². The van der Waals surface area contributed by atoms with Gasteiger partial charge in [-0.25, -0.2) is 4.79 Å². The van der Waals surface area contributed by atoms with Gasteiger partial charge in [-0.2, -0.15) is 0 Å². The summed E-state index contributed by atoms with van der Waals surface area (Å²) in [5, 5.41) is 12.9. The number of aromatic hydroxyl groups is 1. The molecule has 7 heteroatoms. The van der Waals surface area contributed by atoms with Crippen LogP contribution in [0.4, 0.5) is 5.00 Å². The van der Waals surface area contributed by atoms with Gasteiger partial charge in [-0.1, -0.05) is 10.6 Å². The van der Waals surface area contributed by atoms with E-state index < -0.39 is 5.97 Å². The van der Waals surface area contributed by atoms with Gasteiger partial charge in [-0.3, -0.25) is 0 Å². The van der Waals surface area contributed by atoms with Crippen LogP contribution >= 0.6 is 11.5 Å². The van der Waals surface area contributed by atoms with Crippen LogP contribution < -0.4 is 10.5 Å². The molecule has 0 aliphatic carbocycles. The minimum absolute atomic E-state index is 0.00896. The van der Waals surface area contributed by atoms with Crippen molar-refractivity contribution in [2.45, 2.75) is 0 Å². The molecular weight excluding hydrogens is 230 g/mol. The first-order valence-electron chi connectivity index (χ1n) is 4.26.